The fraction of sp³-hybridized carbons (Fsp3) is 0.353. The summed E-state index contributed by atoms with van der Waals surface area (Å²) in [4.78, 5) is 51.5. The molecular formula is C34H39N3O6. The van der Waals surface area contributed by atoms with E-state index in [1.165, 1.54) is 0 Å². The van der Waals surface area contributed by atoms with Gasteiger partial charge >= 0.3 is 12.1 Å². The number of amides is 3. The molecule has 2 atom stereocenters. The smallest absolute Gasteiger partial charge is 0.407 e. The Labute approximate surface area is 252 Å². The first kappa shape index (κ1) is 31.3. The maximum atomic E-state index is 13.4. The number of benzene rings is 3. The SMILES string of the molecule is CC(C)OC(=O)CNC(=O)[C@H](Cc1ccccc1)NC(=O)[C@@H](NC(=O)OCC1c2ccccc2-c2ccccc21)C(C)C. The third-order valence-electron chi connectivity index (χ3n) is 7.26. The average molecular weight is 586 g/mol. The van der Waals surface area contributed by atoms with E-state index in [2.05, 4.69) is 28.1 Å². The number of fused-ring (bicyclic) bond motifs is 3. The Morgan fingerprint density at radius 2 is 1.33 bits per heavy atom. The van der Waals surface area contributed by atoms with Crippen LogP contribution in [0, 0.1) is 5.92 Å². The number of carbonyl (C=O) groups excluding carboxylic acids is 4. The molecule has 0 radical (unpaired) electrons. The highest BCUT2D eigenvalue weighted by Gasteiger charge is 2.32. The van der Waals surface area contributed by atoms with Gasteiger partial charge in [0, 0.05) is 12.3 Å². The second kappa shape index (κ2) is 14.5. The number of ether oxygens (including phenoxy) is 2. The maximum Gasteiger partial charge on any atom is 0.407 e. The van der Waals surface area contributed by atoms with Crippen molar-refractivity contribution < 1.29 is 28.7 Å². The van der Waals surface area contributed by atoms with E-state index in [1.54, 1.807) is 27.7 Å². The zero-order valence-electron chi connectivity index (χ0n) is 25.0. The molecule has 0 fully saturated rings. The minimum atomic E-state index is -0.993. The molecule has 4 rings (SSSR count). The summed E-state index contributed by atoms with van der Waals surface area (Å²) in [5.74, 6) is -2.08. The van der Waals surface area contributed by atoms with Gasteiger partial charge in [0.15, 0.2) is 0 Å². The average Bonchev–Trinajstić information content (AvgIpc) is 3.30. The fourth-order valence-electron chi connectivity index (χ4n) is 5.21. The molecule has 0 saturated heterocycles. The number of carbonyl (C=O) groups is 4. The number of alkyl carbamates (subject to hydrolysis) is 1. The second-order valence-corrected chi connectivity index (χ2v) is 11.2. The van der Waals surface area contributed by atoms with E-state index in [0.29, 0.717) is 0 Å². The normalized spacial score (nSPS) is 13.4. The molecule has 1 aliphatic rings. The van der Waals surface area contributed by atoms with E-state index in [-0.39, 0.29) is 37.5 Å². The largest absolute Gasteiger partial charge is 0.462 e. The molecule has 0 heterocycles. The predicted octanol–water partition coefficient (Wildman–Crippen LogP) is 4.35. The van der Waals surface area contributed by atoms with E-state index < -0.39 is 36.0 Å². The zero-order valence-corrected chi connectivity index (χ0v) is 25.0. The molecule has 1 aliphatic carbocycles. The predicted molar refractivity (Wildman–Crippen MR) is 163 cm³/mol. The summed E-state index contributed by atoms with van der Waals surface area (Å²) in [5.41, 5.74) is 5.22. The summed E-state index contributed by atoms with van der Waals surface area (Å²) in [6.07, 6.45) is -0.857. The summed E-state index contributed by atoms with van der Waals surface area (Å²) >= 11 is 0. The summed E-state index contributed by atoms with van der Waals surface area (Å²) < 4.78 is 10.7. The molecule has 3 N–H and O–H groups in total. The van der Waals surface area contributed by atoms with Gasteiger partial charge in [-0.15, -0.1) is 0 Å². The lowest BCUT2D eigenvalue weighted by molar-refractivity contribution is -0.147. The van der Waals surface area contributed by atoms with Gasteiger partial charge in [0.1, 0.15) is 25.2 Å². The Morgan fingerprint density at radius 3 is 1.91 bits per heavy atom. The van der Waals surface area contributed by atoms with Gasteiger partial charge in [0.2, 0.25) is 11.8 Å². The number of hydrogen-bond acceptors (Lipinski definition) is 6. The summed E-state index contributed by atoms with van der Waals surface area (Å²) in [5, 5.41) is 8.01. The van der Waals surface area contributed by atoms with Crippen LogP contribution in [-0.2, 0) is 30.3 Å². The van der Waals surface area contributed by atoms with Crippen LogP contribution in [0.25, 0.3) is 11.1 Å². The van der Waals surface area contributed by atoms with Crippen LogP contribution in [0.3, 0.4) is 0 Å². The van der Waals surface area contributed by atoms with Crippen LogP contribution in [-0.4, -0.2) is 55.2 Å². The van der Waals surface area contributed by atoms with Crippen molar-refractivity contribution >= 4 is 23.9 Å². The minimum absolute atomic E-state index is 0.109. The van der Waals surface area contributed by atoms with Crippen LogP contribution in [0.5, 0.6) is 0 Å². The second-order valence-electron chi connectivity index (χ2n) is 11.2. The van der Waals surface area contributed by atoms with Crippen LogP contribution in [0.4, 0.5) is 4.79 Å². The molecule has 0 aliphatic heterocycles. The van der Waals surface area contributed by atoms with Gasteiger partial charge in [-0.25, -0.2) is 4.79 Å². The summed E-state index contributed by atoms with van der Waals surface area (Å²) in [6, 6.07) is 23.3. The molecular weight excluding hydrogens is 546 g/mol. The number of rotatable bonds is 12. The van der Waals surface area contributed by atoms with Gasteiger partial charge in [0.25, 0.3) is 0 Å². The highest BCUT2D eigenvalue weighted by Crippen LogP contribution is 2.44. The Hall–Kier alpha value is -4.66. The number of nitrogens with one attached hydrogen (secondary N) is 3. The molecule has 43 heavy (non-hydrogen) atoms. The Kier molecular flexibility index (Phi) is 10.5. The first-order valence-corrected chi connectivity index (χ1v) is 14.6. The maximum absolute atomic E-state index is 13.4. The fourth-order valence-corrected chi connectivity index (χ4v) is 5.21. The highest BCUT2D eigenvalue weighted by atomic mass is 16.5. The third kappa shape index (κ3) is 8.22. The third-order valence-corrected chi connectivity index (χ3v) is 7.26. The lowest BCUT2D eigenvalue weighted by Crippen LogP contribution is -2.56. The van der Waals surface area contributed by atoms with Gasteiger partial charge in [-0.3, -0.25) is 14.4 Å². The van der Waals surface area contributed by atoms with Crippen molar-refractivity contribution in [2.24, 2.45) is 5.92 Å². The molecule has 0 spiro atoms. The molecule has 3 aromatic rings. The molecule has 0 bridgehead atoms. The molecule has 226 valence electrons. The molecule has 3 aromatic carbocycles. The van der Waals surface area contributed by atoms with Gasteiger partial charge in [-0.05, 0) is 47.6 Å². The Bertz CT molecular complexity index is 1390. The number of hydrogen-bond donors (Lipinski definition) is 3. The van der Waals surface area contributed by atoms with Crippen molar-refractivity contribution in [3.05, 3.63) is 95.6 Å². The van der Waals surface area contributed by atoms with Crippen LogP contribution in [0.1, 0.15) is 50.3 Å². The van der Waals surface area contributed by atoms with Gasteiger partial charge in [-0.1, -0.05) is 92.7 Å². The topological polar surface area (TPSA) is 123 Å². The van der Waals surface area contributed by atoms with Crippen molar-refractivity contribution in [3.8, 4) is 11.1 Å². The number of esters is 1. The molecule has 9 heteroatoms. The Balaban J connectivity index is 1.40. The minimum Gasteiger partial charge on any atom is -0.462 e. The van der Waals surface area contributed by atoms with E-state index in [0.717, 1.165) is 27.8 Å². The van der Waals surface area contributed by atoms with Crippen LogP contribution < -0.4 is 16.0 Å². The first-order chi connectivity index (χ1) is 20.6. The summed E-state index contributed by atoms with van der Waals surface area (Å²) in [7, 11) is 0. The van der Waals surface area contributed by atoms with E-state index in [9.17, 15) is 19.2 Å². The molecule has 3 amide bonds. The van der Waals surface area contributed by atoms with E-state index >= 15 is 0 Å². The summed E-state index contributed by atoms with van der Waals surface area (Å²) in [6.45, 7) is 6.80. The van der Waals surface area contributed by atoms with Crippen molar-refractivity contribution in [2.75, 3.05) is 13.2 Å². The van der Waals surface area contributed by atoms with Gasteiger partial charge < -0.3 is 25.4 Å². The monoisotopic (exact) mass is 585 g/mol. The standard InChI is InChI=1S/C34H39N3O6/c1-21(2)31(37-34(41)42-20-28-26-16-10-8-14-24(26)25-15-9-11-17-27(25)28)33(40)36-29(18-23-12-6-5-7-13-23)32(39)35-19-30(38)43-22(3)4/h5-17,21-22,28-29,31H,18-20H2,1-4H3,(H,35,39)(H,36,40)(H,37,41)/t29-,31-/m0/s1. The Morgan fingerprint density at radius 1 is 0.744 bits per heavy atom. The van der Waals surface area contributed by atoms with Crippen LogP contribution >= 0.6 is 0 Å². The quantitative estimate of drug-likeness (QED) is 0.272. The lowest BCUT2D eigenvalue weighted by atomic mass is 9.98. The first-order valence-electron chi connectivity index (χ1n) is 14.6. The van der Waals surface area contributed by atoms with E-state index in [1.807, 2.05) is 66.7 Å². The van der Waals surface area contributed by atoms with Crippen molar-refractivity contribution in [1.82, 2.24) is 16.0 Å². The van der Waals surface area contributed by atoms with Crippen molar-refractivity contribution in [2.45, 2.75) is 58.2 Å². The molecule has 9 nitrogen and oxygen atoms in total. The molecule has 0 saturated carbocycles. The van der Waals surface area contributed by atoms with Gasteiger partial charge in [0.05, 0.1) is 6.10 Å². The molecule has 0 unspecified atom stereocenters. The van der Waals surface area contributed by atoms with Crippen molar-refractivity contribution in [1.29, 1.82) is 0 Å². The van der Waals surface area contributed by atoms with Gasteiger partial charge in [-0.2, -0.15) is 0 Å². The van der Waals surface area contributed by atoms with Crippen LogP contribution in [0.15, 0.2) is 78.9 Å². The zero-order chi connectivity index (χ0) is 30.9. The van der Waals surface area contributed by atoms with Crippen molar-refractivity contribution in [3.63, 3.8) is 0 Å². The van der Waals surface area contributed by atoms with Crippen LogP contribution in [0.2, 0.25) is 0 Å². The molecule has 0 aromatic heterocycles. The highest BCUT2D eigenvalue weighted by molar-refractivity contribution is 5.92. The lowest BCUT2D eigenvalue weighted by Gasteiger charge is -2.25. The van der Waals surface area contributed by atoms with E-state index in [4.69, 9.17) is 9.47 Å².